The second-order valence-corrected chi connectivity index (χ2v) is 7.88. The van der Waals surface area contributed by atoms with E-state index < -0.39 is 0 Å². The molecule has 1 saturated heterocycles. The first-order chi connectivity index (χ1) is 14.7. The van der Waals surface area contributed by atoms with Gasteiger partial charge in [-0.15, -0.1) is 0 Å². The molecule has 2 aliphatic rings. The number of ether oxygens (including phenoxy) is 1. The Kier molecular flexibility index (Phi) is 5.00. The fourth-order valence-electron chi connectivity index (χ4n) is 4.57. The highest BCUT2D eigenvalue weighted by Crippen LogP contribution is 2.27. The van der Waals surface area contributed by atoms with Gasteiger partial charge in [0, 0.05) is 62.8 Å². The summed E-state index contributed by atoms with van der Waals surface area (Å²) in [6.45, 7) is 5.26. The number of rotatable bonds is 4. The minimum Gasteiger partial charge on any atom is -0.390 e. The van der Waals surface area contributed by atoms with Crippen molar-refractivity contribution < 1.29 is 14.6 Å². The summed E-state index contributed by atoms with van der Waals surface area (Å²) in [5, 5.41) is 14.1. The number of amides is 1. The molecule has 0 aromatic carbocycles. The number of aliphatic hydroxyl groups excluding tert-OH is 1. The van der Waals surface area contributed by atoms with Crippen LogP contribution in [0.3, 0.4) is 0 Å². The Morgan fingerprint density at radius 2 is 2.13 bits per heavy atom. The lowest BCUT2D eigenvalue weighted by Gasteiger charge is -2.28. The van der Waals surface area contributed by atoms with E-state index in [2.05, 4.69) is 19.6 Å². The topological polar surface area (TPSA) is 98.3 Å². The summed E-state index contributed by atoms with van der Waals surface area (Å²) in [4.78, 5) is 24.1. The van der Waals surface area contributed by atoms with Gasteiger partial charge in [-0.2, -0.15) is 5.10 Å². The number of fused-ring (bicyclic) bond motifs is 2. The molecule has 1 fully saturated rings. The molecule has 5 rings (SSSR count). The van der Waals surface area contributed by atoms with Crippen LogP contribution in [0.1, 0.15) is 53.1 Å². The van der Waals surface area contributed by atoms with Crippen molar-refractivity contribution in [3.63, 3.8) is 0 Å². The third kappa shape index (κ3) is 3.18. The van der Waals surface area contributed by atoms with Crippen molar-refractivity contribution in [1.82, 2.24) is 29.2 Å². The fourth-order valence-corrected chi connectivity index (χ4v) is 4.57. The quantitative estimate of drug-likeness (QED) is 0.703. The van der Waals surface area contributed by atoms with E-state index in [1.54, 1.807) is 6.20 Å². The largest absolute Gasteiger partial charge is 0.390 e. The van der Waals surface area contributed by atoms with Gasteiger partial charge in [-0.3, -0.25) is 9.48 Å². The SMILES string of the molecule is CCn1nc(CO)c2c1CCN(C(=O)c1cnc3c(c1)ncn3C1CCOCC1)C2. The molecule has 2 aliphatic heterocycles. The van der Waals surface area contributed by atoms with E-state index in [9.17, 15) is 9.90 Å². The lowest BCUT2D eigenvalue weighted by atomic mass is 10.0. The van der Waals surface area contributed by atoms with Crippen molar-refractivity contribution in [2.45, 2.75) is 51.9 Å². The summed E-state index contributed by atoms with van der Waals surface area (Å²) in [7, 11) is 0. The van der Waals surface area contributed by atoms with E-state index in [0.717, 1.165) is 61.4 Å². The minimum atomic E-state index is -0.117. The van der Waals surface area contributed by atoms with Crippen molar-refractivity contribution >= 4 is 17.1 Å². The molecule has 0 bridgehead atoms. The van der Waals surface area contributed by atoms with Gasteiger partial charge >= 0.3 is 0 Å². The van der Waals surface area contributed by atoms with Crippen LogP contribution in [0.25, 0.3) is 11.2 Å². The van der Waals surface area contributed by atoms with Crippen molar-refractivity contribution in [1.29, 1.82) is 0 Å². The smallest absolute Gasteiger partial charge is 0.255 e. The number of carbonyl (C=O) groups excluding carboxylic acids is 1. The number of hydrogen-bond donors (Lipinski definition) is 1. The van der Waals surface area contributed by atoms with Crippen LogP contribution in [-0.4, -0.2) is 60.0 Å². The van der Waals surface area contributed by atoms with E-state index >= 15 is 0 Å². The van der Waals surface area contributed by atoms with E-state index in [1.807, 2.05) is 28.9 Å². The number of carbonyl (C=O) groups is 1. The molecule has 5 heterocycles. The van der Waals surface area contributed by atoms with Crippen LogP contribution >= 0.6 is 0 Å². The number of pyridine rings is 1. The molecule has 0 atom stereocenters. The predicted octanol–water partition coefficient (Wildman–Crippen LogP) is 1.69. The third-order valence-corrected chi connectivity index (χ3v) is 6.20. The molecule has 3 aromatic heterocycles. The Balaban J connectivity index is 1.39. The fraction of sp³-hybridized carbons (Fsp3) is 0.524. The first kappa shape index (κ1) is 19.2. The lowest BCUT2D eigenvalue weighted by molar-refractivity contribution is 0.0704. The van der Waals surface area contributed by atoms with Gasteiger partial charge in [0.1, 0.15) is 5.52 Å². The molecule has 158 valence electrons. The van der Waals surface area contributed by atoms with Crippen molar-refractivity contribution in [2.75, 3.05) is 19.8 Å². The summed E-state index contributed by atoms with van der Waals surface area (Å²) in [6.07, 6.45) is 6.10. The summed E-state index contributed by atoms with van der Waals surface area (Å²) < 4.78 is 9.48. The zero-order chi connectivity index (χ0) is 20.7. The zero-order valence-electron chi connectivity index (χ0n) is 17.1. The highest BCUT2D eigenvalue weighted by Gasteiger charge is 2.28. The molecule has 9 heteroatoms. The van der Waals surface area contributed by atoms with E-state index in [-0.39, 0.29) is 12.5 Å². The maximum Gasteiger partial charge on any atom is 0.255 e. The number of aryl methyl sites for hydroxylation is 1. The second kappa shape index (κ2) is 7.81. The normalized spacial score (nSPS) is 17.5. The Morgan fingerprint density at radius 3 is 2.90 bits per heavy atom. The molecule has 1 amide bonds. The van der Waals surface area contributed by atoms with Crippen LogP contribution in [-0.2, 0) is 30.9 Å². The molecule has 0 aliphatic carbocycles. The van der Waals surface area contributed by atoms with Crippen molar-refractivity contribution in [3.8, 4) is 0 Å². The van der Waals surface area contributed by atoms with Crippen LogP contribution in [0.5, 0.6) is 0 Å². The van der Waals surface area contributed by atoms with Gasteiger partial charge in [0.25, 0.3) is 5.91 Å². The van der Waals surface area contributed by atoms with Crippen molar-refractivity contribution in [2.24, 2.45) is 0 Å². The first-order valence-electron chi connectivity index (χ1n) is 10.6. The Morgan fingerprint density at radius 1 is 1.30 bits per heavy atom. The van der Waals surface area contributed by atoms with Gasteiger partial charge in [-0.05, 0) is 25.8 Å². The monoisotopic (exact) mass is 410 g/mol. The maximum absolute atomic E-state index is 13.2. The second-order valence-electron chi connectivity index (χ2n) is 7.88. The molecule has 0 saturated carbocycles. The molecule has 1 N–H and O–H groups in total. The van der Waals surface area contributed by atoms with Crippen molar-refractivity contribution in [3.05, 3.63) is 41.1 Å². The number of aliphatic hydroxyl groups is 1. The molecule has 30 heavy (non-hydrogen) atoms. The first-order valence-corrected chi connectivity index (χ1v) is 10.6. The Bertz CT molecular complexity index is 1080. The Labute approximate surface area is 174 Å². The van der Waals surface area contributed by atoms with Crippen LogP contribution in [0.2, 0.25) is 0 Å². The molecular formula is C21H26N6O3. The average molecular weight is 410 g/mol. The van der Waals surface area contributed by atoms with E-state index in [4.69, 9.17) is 4.74 Å². The maximum atomic E-state index is 13.2. The molecule has 0 radical (unpaired) electrons. The molecule has 0 unspecified atom stereocenters. The lowest BCUT2D eigenvalue weighted by Crippen LogP contribution is -2.36. The summed E-state index contributed by atoms with van der Waals surface area (Å²) in [5.74, 6) is -0.0659. The number of imidazole rings is 1. The summed E-state index contributed by atoms with van der Waals surface area (Å²) in [6, 6.07) is 2.17. The highest BCUT2D eigenvalue weighted by atomic mass is 16.5. The predicted molar refractivity (Wildman–Crippen MR) is 109 cm³/mol. The zero-order valence-corrected chi connectivity index (χ0v) is 17.1. The third-order valence-electron chi connectivity index (χ3n) is 6.20. The van der Waals surface area contributed by atoms with Crippen LogP contribution in [0.15, 0.2) is 18.6 Å². The number of hydrogen-bond acceptors (Lipinski definition) is 6. The average Bonchev–Trinajstić information content (AvgIpc) is 3.39. The number of nitrogens with zero attached hydrogens (tertiary/aromatic N) is 6. The van der Waals surface area contributed by atoms with Gasteiger partial charge in [-0.1, -0.05) is 0 Å². The standard InChI is InChI=1S/C21H26N6O3/c1-2-27-19-3-6-25(11-16(19)18(12-28)24-27)21(29)14-9-17-20(22-10-14)26(13-23-17)15-4-7-30-8-5-15/h9-10,13,15,28H,2-8,11-12H2,1H3. The van der Waals surface area contributed by atoms with E-state index in [1.165, 1.54) is 0 Å². The Hall–Kier alpha value is -2.78. The minimum absolute atomic E-state index is 0.0659. The van der Waals surface area contributed by atoms with Gasteiger partial charge in [0.15, 0.2) is 5.65 Å². The van der Waals surface area contributed by atoms with Gasteiger partial charge in [0.2, 0.25) is 0 Å². The van der Waals surface area contributed by atoms with Crippen LogP contribution in [0.4, 0.5) is 0 Å². The molecule has 3 aromatic rings. The van der Waals surface area contributed by atoms with Gasteiger partial charge in [0.05, 0.1) is 24.2 Å². The molecule has 9 nitrogen and oxygen atoms in total. The van der Waals surface area contributed by atoms with Gasteiger partial charge in [-0.25, -0.2) is 9.97 Å². The molecule has 0 spiro atoms. The summed E-state index contributed by atoms with van der Waals surface area (Å²) >= 11 is 0. The molecular weight excluding hydrogens is 384 g/mol. The summed E-state index contributed by atoms with van der Waals surface area (Å²) in [5.41, 5.74) is 4.84. The van der Waals surface area contributed by atoms with Crippen LogP contribution < -0.4 is 0 Å². The van der Waals surface area contributed by atoms with Crippen LogP contribution in [0, 0.1) is 0 Å². The van der Waals surface area contributed by atoms with E-state index in [0.29, 0.717) is 30.4 Å². The number of aromatic nitrogens is 5. The highest BCUT2D eigenvalue weighted by molar-refractivity contribution is 5.96. The van der Waals surface area contributed by atoms with Gasteiger partial charge < -0.3 is 19.3 Å².